The zero-order valence-corrected chi connectivity index (χ0v) is 6.29. The lowest BCUT2D eigenvalue weighted by Gasteiger charge is -2.00. The fourth-order valence-corrected chi connectivity index (χ4v) is 0.291. The fraction of sp³-hybridized carbons (Fsp3) is 0.667. The summed E-state index contributed by atoms with van der Waals surface area (Å²) in [6.45, 7) is 3.94. The van der Waals surface area contributed by atoms with Gasteiger partial charge >= 0.3 is 0 Å². The Bertz CT molecular complexity index is 131. The molecule has 0 saturated heterocycles. The number of carbonyl (C=O) groups is 1. The third-order valence-corrected chi connectivity index (χ3v) is 0.896. The van der Waals surface area contributed by atoms with Gasteiger partial charge in [-0.15, -0.1) is 0 Å². The second-order valence-electron chi connectivity index (χ2n) is 2.18. The highest BCUT2D eigenvalue weighted by atomic mass is 16.2. The molecule has 0 radical (unpaired) electrons. The topological polar surface area (TPSA) is 67.5 Å². The number of hydrazone groups is 1. The zero-order chi connectivity index (χ0) is 7.98. The number of carbonyl (C=O) groups excluding carboxylic acids is 1. The highest BCUT2D eigenvalue weighted by molar-refractivity contribution is 5.78. The number of nitrogens with one attached hydrogen (secondary N) is 1. The number of hydrogen-bond donors (Lipinski definition) is 2. The number of rotatable bonds is 3. The van der Waals surface area contributed by atoms with Gasteiger partial charge in [0, 0.05) is 18.7 Å². The maximum Gasteiger partial charge on any atom is 0.242 e. The highest BCUT2D eigenvalue weighted by Crippen LogP contribution is 1.88. The summed E-state index contributed by atoms with van der Waals surface area (Å²) < 4.78 is 0. The molecule has 0 unspecified atom stereocenters. The molecule has 0 aromatic rings. The van der Waals surface area contributed by atoms with Crippen LogP contribution >= 0.6 is 0 Å². The van der Waals surface area contributed by atoms with Crippen molar-refractivity contribution in [1.82, 2.24) is 5.43 Å². The van der Waals surface area contributed by atoms with Gasteiger partial charge in [0.1, 0.15) is 0 Å². The molecule has 0 spiro atoms. The van der Waals surface area contributed by atoms with Crippen LogP contribution in [0.1, 0.15) is 13.8 Å². The fourth-order valence-electron chi connectivity index (χ4n) is 0.291. The molecule has 0 aromatic heterocycles. The number of amides is 1. The average Bonchev–Trinajstić information content (AvgIpc) is 1.88. The lowest BCUT2D eigenvalue weighted by atomic mass is 10.2. The Labute approximate surface area is 60.5 Å². The maximum atomic E-state index is 10.8. The molecule has 0 aliphatic rings. The molecule has 58 valence electrons. The number of nitrogens with two attached hydrogens (primary N) is 1. The molecule has 0 saturated carbocycles. The zero-order valence-electron chi connectivity index (χ0n) is 6.29. The summed E-state index contributed by atoms with van der Waals surface area (Å²) in [6.07, 6.45) is 1.44. The van der Waals surface area contributed by atoms with Crippen molar-refractivity contribution in [3.05, 3.63) is 0 Å². The van der Waals surface area contributed by atoms with E-state index >= 15 is 0 Å². The van der Waals surface area contributed by atoms with E-state index in [9.17, 15) is 4.79 Å². The number of nitrogens with zero attached hydrogens (tertiary/aromatic N) is 1. The van der Waals surface area contributed by atoms with Crippen molar-refractivity contribution in [3.8, 4) is 0 Å². The Morgan fingerprint density at radius 3 is 2.80 bits per heavy atom. The SMILES string of the molecule is CC(C)C(=O)NN=CCN. The lowest BCUT2D eigenvalue weighted by molar-refractivity contribution is -0.123. The lowest BCUT2D eigenvalue weighted by Crippen LogP contribution is -2.23. The van der Waals surface area contributed by atoms with E-state index in [-0.39, 0.29) is 11.8 Å². The Hall–Kier alpha value is -0.900. The van der Waals surface area contributed by atoms with E-state index in [4.69, 9.17) is 5.73 Å². The van der Waals surface area contributed by atoms with E-state index in [1.807, 2.05) is 0 Å². The van der Waals surface area contributed by atoms with E-state index in [1.165, 1.54) is 6.21 Å². The summed E-state index contributed by atoms with van der Waals surface area (Å²) in [5.41, 5.74) is 7.42. The van der Waals surface area contributed by atoms with E-state index in [1.54, 1.807) is 13.8 Å². The van der Waals surface area contributed by atoms with Crippen LogP contribution in [0.2, 0.25) is 0 Å². The molecule has 0 bridgehead atoms. The Morgan fingerprint density at radius 1 is 1.80 bits per heavy atom. The molecular formula is C6H13N3O. The van der Waals surface area contributed by atoms with Crippen molar-refractivity contribution in [2.24, 2.45) is 16.8 Å². The number of hydrogen-bond acceptors (Lipinski definition) is 3. The maximum absolute atomic E-state index is 10.8. The van der Waals surface area contributed by atoms with E-state index in [0.717, 1.165) is 0 Å². The quantitative estimate of drug-likeness (QED) is 0.421. The Balaban J connectivity index is 3.49. The van der Waals surface area contributed by atoms with Gasteiger partial charge in [0.15, 0.2) is 0 Å². The standard InChI is InChI=1S/C6H13N3O/c1-5(2)6(10)9-8-4-3-7/h4-5H,3,7H2,1-2H3,(H,9,10). The first-order valence-electron chi connectivity index (χ1n) is 3.20. The monoisotopic (exact) mass is 143 g/mol. The second kappa shape index (κ2) is 4.93. The summed E-state index contributed by atoms with van der Waals surface area (Å²) in [5, 5.41) is 3.56. The summed E-state index contributed by atoms with van der Waals surface area (Å²) in [4.78, 5) is 10.8. The Morgan fingerprint density at radius 2 is 2.40 bits per heavy atom. The second-order valence-corrected chi connectivity index (χ2v) is 2.18. The average molecular weight is 143 g/mol. The van der Waals surface area contributed by atoms with Crippen molar-refractivity contribution in [1.29, 1.82) is 0 Å². The third kappa shape index (κ3) is 4.03. The molecule has 0 aliphatic heterocycles. The van der Waals surface area contributed by atoms with Crippen molar-refractivity contribution in [2.45, 2.75) is 13.8 Å². The van der Waals surface area contributed by atoms with Gasteiger partial charge in [-0.2, -0.15) is 5.10 Å². The van der Waals surface area contributed by atoms with Gasteiger partial charge in [-0.3, -0.25) is 4.79 Å². The van der Waals surface area contributed by atoms with Crippen molar-refractivity contribution in [2.75, 3.05) is 6.54 Å². The molecule has 3 N–H and O–H groups in total. The smallest absolute Gasteiger partial charge is 0.242 e. The molecule has 4 heteroatoms. The van der Waals surface area contributed by atoms with Gasteiger partial charge in [0.25, 0.3) is 0 Å². The first-order chi connectivity index (χ1) is 4.68. The van der Waals surface area contributed by atoms with Crippen LogP contribution < -0.4 is 11.2 Å². The minimum atomic E-state index is -0.0929. The van der Waals surface area contributed by atoms with Gasteiger partial charge < -0.3 is 5.73 Å². The van der Waals surface area contributed by atoms with E-state index < -0.39 is 0 Å². The van der Waals surface area contributed by atoms with Crippen molar-refractivity contribution in [3.63, 3.8) is 0 Å². The minimum absolute atomic E-state index is 0.0325. The summed E-state index contributed by atoms with van der Waals surface area (Å²) in [6, 6.07) is 0. The van der Waals surface area contributed by atoms with E-state index in [2.05, 4.69) is 10.5 Å². The molecule has 0 heterocycles. The van der Waals surface area contributed by atoms with Crippen LogP contribution in [0.25, 0.3) is 0 Å². The van der Waals surface area contributed by atoms with Gasteiger partial charge in [-0.25, -0.2) is 5.43 Å². The van der Waals surface area contributed by atoms with Crippen LogP contribution in [-0.2, 0) is 4.79 Å². The predicted octanol–water partition coefficient (Wildman–Crippen LogP) is -0.297. The molecule has 0 rings (SSSR count). The van der Waals surface area contributed by atoms with Gasteiger partial charge in [0.05, 0.1) is 0 Å². The van der Waals surface area contributed by atoms with Crippen LogP contribution in [0.15, 0.2) is 5.10 Å². The first-order valence-corrected chi connectivity index (χ1v) is 3.20. The van der Waals surface area contributed by atoms with Gasteiger partial charge in [-0.05, 0) is 0 Å². The molecule has 0 aliphatic carbocycles. The Kier molecular flexibility index (Phi) is 4.49. The summed E-state index contributed by atoms with van der Waals surface area (Å²) in [5.74, 6) is -0.125. The van der Waals surface area contributed by atoms with Gasteiger partial charge in [-0.1, -0.05) is 13.8 Å². The molecular weight excluding hydrogens is 130 g/mol. The van der Waals surface area contributed by atoms with Crippen LogP contribution in [0, 0.1) is 5.92 Å². The highest BCUT2D eigenvalue weighted by Gasteiger charge is 2.02. The molecule has 10 heavy (non-hydrogen) atoms. The molecule has 0 atom stereocenters. The molecule has 1 amide bonds. The van der Waals surface area contributed by atoms with Gasteiger partial charge in [0.2, 0.25) is 5.91 Å². The molecule has 4 nitrogen and oxygen atoms in total. The van der Waals surface area contributed by atoms with Crippen LogP contribution in [0.4, 0.5) is 0 Å². The van der Waals surface area contributed by atoms with Crippen LogP contribution in [0.5, 0.6) is 0 Å². The first kappa shape index (κ1) is 9.10. The summed E-state index contributed by atoms with van der Waals surface area (Å²) >= 11 is 0. The van der Waals surface area contributed by atoms with Crippen molar-refractivity contribution >= 4 is 12.1 Å². The normalized spacial score (nSPS) is 10.8. The van der Waals surface area contributed by atoms with Crippen LogP contribution in [-0.4, -0.2) is 18.7 Å². The van der Waals surface area contributed by atoms with Crippen LogP contribution in [0.3, 0.4) is 0 Å². The van der Waals surface area contributed by atoms with E-state index in [0.29, 0.717) is 6.54 Å². The molecule has 0 aromatic carbocycles. The summed E-state index contributed by atoms with van der Waals surface area (Å²) in [7, 11) is 0. The minimum Gasteiger partial charge on any atom is -0.326 e. The third-order valence-electron chi connectivity index (χ3n) is 0.896. The molecule has 0 fully saturated rings. The van der Waals surface area contributed by atoms with Crippen molar-refractivity contribution < 1.29 is 4.79 Å². The predicted molar refractivity (Wildman–Crippen MR) is 40.5 cm³/mol. The largest absolute Gasteiger partial charge is 0.326 e.